The molecule has 0 aliphatic rings. The molecule has 0 aromatic carbocycles. The molecular formula is C33H61NO6. The standard InChI is InChI=1S/C33H61NO6/c1-2-3-4-5-6-7-8-9-10-11-12-13-14-15-16-17-18-19-20-21-22-23-27-34(28-24-31(35)36,29-25-32(37)38)30-26-33(39)40/h16-17H,2-15,18-30H2,1H3,(H2-,35,36,37,38,39,40)/b17-16+. The van der Waals surface area contributed by atoms with Crippen LogP contribution in [0.3, 0.4) is 0 Å². The van der Waals surface area contributed by atoms with Gasteiger partial charge in [0.2, 0.25) is 0 Å². The van der Waals surface area contributed by atoms with Crippen LogP contribution in [-0.4, -0.2) is 58.8 Å². The van der Waals surface area contributed by atoms with Gasteiger partial charge < -0.3 is 24.6 Å². The molecule has 0 aromatic heterocycles. The molecule has 2 N–H and O–H groups in total. The van der Waals surface area contributed by atoms with E-state index in [4.69, 9.17) is 10.2 Å². The fraction of sp³-hybridized carbons (Fsp3) is 0.848. The second-order valence-electron chi connectivity index (χ2n) is 11.7. The number of carbonyl (C=O) groups excluding carboxylic acids is 1. The summed E-state index contributed by atoms with van der Waals surface area (Å²) in [6.45, 7) is 3.59. The van der Waals surface area contributed by atoms with Gasteiger partial charge in [0.25, 0.3) is 0 Å². The van der Waals surface area contributed by atoms with Crippen LogP contribution in [0.15, 0.2) is 12.2 Å². The number of carboxylic acids is 3. The smallest absolute Gasteiger partial charge is 0.309 e. The predicted octanol–water partition coefficient (Wildman–Crippen LogP) is 7.27. The molecule has 0 amide bonds. The Bertz CT molecular complexity index is 618. The Kier molecular flexibility index (Phi) is 26.0. The Labute approximate surface area is 245 Å². The maximum atomic E-state index is 11.1. The van der Waals surface area contributed by atoms with Crippen molar-refractivity contribution in [3.63, 3.8) is 0 Å². The van der Waals surface area contributed by atoms with Gasteiger partial charge >= 0.3 is 11.9 Å². The van der Waals surface area contributed by atoms with Crippen molar-refractivity contribution in [2.24, 2.45) is 0 Å². The first-order chi connectivity index (χ1) is 19.3. The van der Waals surface area contributed by atoms with Crippen LogP contribution in [0.5, 0.6) is 0 Å². The summed E-state index contributed by atoms with van der Waals surface area (Å²) >= 11 is 0. The monoisotopic (exact) mass is 567 g/mol. The van der Waals surface area contributed by atoms with E-state index in [2.05, 4.69) is 19.1 Å². The van der Waals surface area contributed by atoms with Crippen LogP contribution < -0.4 is 5.11 Å². The van der Waals surface area contributed by atoms with E-state index in [1.54, 1.807) is 0 Å². The summed E-state index contributed by atoms with van der Waals surface area (Å²) in [4.78, 5) is 33.3. The molecule has 234 valence electrons. The molecule has 0 aromatic rings. The zero-order valence-corrected chi connectivity index (χ0v) is 25.7. The number of allylic oxidation sites excluding steroid dienone is 2. The zero-order valence-electron chi connectivity index (χ0n) is 25.7. The van der Waals surface area contributed by atoms with Gasteiger partial charge in [-0.25, -0.2) is 0 Å². The van der Waals surface area contributed by atoms with Gasteiger partial charge in [0.1, 0.15) is 0 Å². The summed E-state index contributed by atoms with van der Waals surface area (Å²) in [5.41, 5.74) is 0. The summed E-state index contributed by atoms with van der Waals surface area (Å²) < 4.78 is 0.217. The number of quaternary nitrogens is 1. The van der Waals surface area contributed by atoms with Gasteiger partial charge in [0.05, 0.1) is 39.0 Å². The molecule has 0 bridgehead atoms. The molecule has 0 aliphatic heterocycles. The Morgan fingerprint density at radius 2 is 0.875 bits per heavy atom. The number of nitrogens with zero attached hydrogens (tertiary/aromatic N) is 1. The third-order valence-corrected chi connectivity index (χ3v) is 8.03. The van der Waals surface area contributed by atoms with Crippen molar-refractivity contribution in [2.45, 2.75) is 155 Å². The van der Waals surface area contributed by atoms with Crippen molar-refractivity contribution < 1.29 is 34.2 Å². The van der Waals surface area contributed by atoms with Crippen molar-refractivity contribution in [3.8, 4) is 0 Å². The van der Waals surface area contributed by atoms with Gasteiger partial charge in [-0.3, -0.25) is 9.59 Å². The predicted molar refractivity (Wildman–Crippen MR) is 161 cm³/mol. The number of hydrogen-bond acceptors (Lipinski definition) is 4. The van der Waals surface area contributed by atoms with E-state index in [1.807, 2.05) is 0 Å². The van der Waals surface area contributed by atoms with E-state index in [-0.39, 0.29) is 43.4 Å². The highest BCUT2D eigenvalue weighted by Gasteiger charge is 2.28. The number of unbranched alkanes of at least 4 members (excludes halogenated alkanes) is 18. The summed E-state index contributed by atoms with van der Waals surface area (Å²) in [6.07, 6.45) is 29.7. The zero-order chi connectivity index (χ0) is 29.7. The van der Waals surface area contributed by atoms with Crippen LogP contribution in [0.25, 0.3) is 0 Å². The lowest BCUT2D eigenvalue weighted by Crippen LogP contribution is -2.53. The van der Waals surface area contributed by atoms with Crippen molar-refractivity contribution in [1.29, 1.82) is 0 Å². The number of rotatable bonds is 31. The van der Waals surface area contributed by atoms with Crippen LogP contribution >= 0.6 is 0 Å². The van der Waals surface area contributed by atoms with E-state index >= 15 is 0 Å². The largest absolute Gasteiger partial charge is 0.550 e. The van der Waals surface area contributed by atoms with Crippen molar-refractivity contribution in [2.75, 3.05) is 26.2 Å². The summed E-state index contributed by atoms with van der Waals surface area (Å²) in [6, 6.07) is 0. The highest BCUT2D eigenvalue weighted by molar-refractivity contribution is 5.67. The molecule has 0 unspecified atom stereocenters. The summed E-state index contributed by atoms with van der Waals surface area (Å²) in [5, 5.41) is 29.3. The van der Waals surface area contributed by atoms with Crippen LogP contribution in [0.4, 0.5) is 0 Å². The van der Waals surface area contributed by atoms with E-state index in [0.29, 0.717) is 6.54 Å². The lowest BCUT2D eigenvalue weighted by atomic mass is 10.0. The van der Waals surface area contributed by atoms with Crippen LogP contribution in [0.2, 0.25) is 0 Å². The topological polar surface area (TPSA) is 115 Å². The Balaban J connectivity index is 3.86. The fourth-order valence-corrected chi connectivity index (χ4v) is 5.42. The minimum absolute atomic E-state index is 0.0989. The SMILES string of the molecule is CCCCCCCCCCCCCCC/C=C/CCCCCCC[N+](CCC(=O)[O-])(CCC(=O)O)CCC(=O)O. The average Bonchev–Trinajstić information content (AvgIpc) is 2.92. The van der Waals surface area contributed by atoms with Crippen LogP contribution in [0, 0.1) is 0 Å². The first-order valence-corrected chi connectivity index (χ1v) is 16.4. The Morgan fingerprint density at radius 3 is 1.25 bits per heavy atom. The molecule has 0 atom stereocenters. The molecule has 0 radical (unpaired) electrons. The van der Waals surface area contributed by atoms with E-state index in [9.17, 15) is 19.5 Å². The Hall–Kier alpha value is -1.89. The molecule has 0 saturated heterocycles. The molecular weight excluding hydrogens is 506 g/mol. The summed E-state index contributed by atoms with van der Waals surface area (Å²) in [7, 11) is 0. The normalized spacial score (nSPS) is 11.8. The quantitative estimate of drug-likeness (QED) is 0.0517. The molecule has 0 heterocycles. The average molecular weight is 568 g/mol. The minimum atomic E-state index is -1.18. The van der Waals surface area contributed by atoms with Gasteiger partial charge in [0.15, 0.2) is 0 Å². The van der Waals surface area contributed by atoms with E-state index in [0.717, 1.165) is 38.5 Å². The number of carbonyl (C=O) groups is 3. The lowest BCUT2D eigenvalue weighted by Gasteiger charge is -2.38. The molecule has 40 heavy (non-hydrogen) atoms. The third-order valence-electron chi connectivity index (χ3n) is 8.03. The van der Waals surface area contributed by atoms with Crippen LogP contribution in [0.1, 0.15) is 155 Å². The van der Waals surface area contributed by atoms with Crippen molar-refractivity contribution in [3.05, 3.63) is 12.2 Å². The highest BCUT2D eigenvalue weighted by Crippen LogP contribution is 2.17. The highest BCUT2D eigenvalue weighted by atomic mass is 16.4. The third kappa shape index (κ3) is 26.3. The van der Waals surface area contributed by atoms with Crippen molar-refractivity contribution in [1.82, 2.24) is 0 Å². The maximum absolute atomic E-state index is 11.1. The second kappa shape index (κ2) is 27.3. The molecule has 0 rings (SSSR count). The van der Waals surface area contributed by atoms with Gasteiger partial charge in [-0.15, -0.1) is 0 Å². The summed E-state index contributed by atoms with van der Waals surface area (Å²) in [5.74, 6) is -3.09. The number of hydrogen-bond donors (Lipinski definition) is 2. The Morgan fingerprint density at radius 1 is 0.525 bits per heavy atom. The maximum Gasteiger partial charge on any atom is 0.309 e. The van der Waals surface area contributed by atoms with Gasteiger partial charge in [-0.1, -0.05) is 109 Å². The molecule has 0 aliphatic carbocycles. The molecule has 0 saturated carbocycles. The molecule has 0 fully saturated rings. The molecule has 7 nitrogen and oxygen atoms in total. The number of carboxylic acid groups (broad SMARTS) is 3. The van der Waals surface area contributed by atoms with E-state index in [1.165, 1.54) is 89.9 Å². The van der Waals surface area contributed by atoms with E-state index < -0.39 is 17.9 Å². The lowest BCUT2D eigenvalue weighted by molar-refractivity contribution is -0.927. The second-order valence-corrected chi connectivity index (χ2v) is 11.7. The minimum Gasteiger partial charge on any atom is -0.550 e. The molecule has 7 heteroatoms. The first kappa shape index (κ1) is 38.1. The number of aliphatic carboxylic acids is 3. The van der Waals surface area contributed by atoms with Crippen LogP contribution in [-0.2, 0) is 14.4 Å². The van der Waals surface area contributed by atoms with Gasteiger partial charge in [-0.2, -0.15) is 0 Å². The fourth-order valence-electron chi connectivity index (χ4n) is 5.42. The first-order valence-electron chi connectivity index (χ1n) is 16.4. The molecule has 0 spiro atoms. The van der Waals surface area contributed by atoms with Gasteiger partial charge in [0, 0.05) is 12.4 Å². The van der Waals surface area contributed by atoms with Crippen molar-refractivity contribution >= 4 is 17.9 Å². The van der Waals surface area contributed by atoms with Gasteiger partial charge in [-0.05, 0) is 38.5 Å².